The average molecular weight is 506 g/mol. The van der Waals surface area contributed by atoms with Gasteiger partial charge in [0.05, 0.1) is 13.2 Å². The van der Waals surface area contributed by atoms with Crippen LogP contribution in [0.2, 0.25) is 0 Å². The number of guanidine groups is 1. The zero-order chi connectivity index (χ0) is 19.5. The largest absolute Gasteiger partial charge is 0.493 e. The molecule has 1 heterocycles. The summed E-state index contributed by atoms with van der Waals surface area (Å²) in [6, 6.07) is 10.5. The van der Waals surface area contributed by atoms with Crippen LogP contribution in [-0.2, 0) is 13.0 Å². The van der Waals surface area contributed by atoms with E-state index in [9.17, 15) is 8.78 Å². The number of hydrogen-bond donors (Lipinski definition) is 2. The average Bonchev–Trinajstić information content (AvgIpc) is 2.66. The molecule has 0 amide bonds. The predicted molar refractivity (Wildman–Crippen MR) is 116 cm³/mol. The van der Waals surface area contributed by atoms with E-state index in [1.165, 1.54) is 6.07 Å². The molecule has 0 aliphatic rings. The second-order valence-electron chi connectivity index (χ2n) is 5.70. The number of nitrogens with two attached hydrogens (primary N) is 1. The molecule has 154 valence electrons. The SMILES string of the molecule is CCCOc1ccc(CN=C(N)NCCc2ccccn2)c(OC(F)F)c1.I. The summed E-state index contributed by atoms with van der Waals surface area (Å²) in [6.07, 6.45) is 3.24. The molecule has 2 aromatic rings. The van der Waals surface area contributed by atoms with Crippen molar-refractivity contribution in [2.45, 2.75) is 32.9 Å². The van der Waals surface area contributed by atoms with Crippen molar-refractivity contribution < 1.29 is 18.3 Å². The third kappa shape index (κ3) is 8.68. The summed E-state index contributed by atoms with van der Waals surface area (Å²) in [5, 5.41) is 2.97. The first-order chi connectivity index (χ1) is 13.1. The van der Waals surface area contributed by atoms with Crippen molar-refractivity contribution in [1.82, 2.24) is 10.3 Å². The highest BCUT2D eigenvalue weighted by Crippen LogP contribution is 2.27. The highest BCUT2D eigenvalue weighted by Gasteiger charge is 2.11. The zero-order valence-electron chi connectivity index (χ0n) is 15.6. The Kier molecular flexibility index (Phi) is 11.2. The van der Waals surface area contributed by atoms with E-state index in [1.807, 2.05) is 25.1 Å². The topological polar surface area (TPSA) is 81.8 Å². The van der Waals surface area contributed by atoms with Crippen LogP contribution in [0.4, 0.5) is 8.78 Å². The minimum absolute atomic E-state index is 0. The summed E-state index contributed by atoms with van der Waals surface area (Å²) in [6.45, 7) is 0.208. The van der Waals surface area contributed by atoms with Crippen molar-refractivity contribution >= 4 is 29.9 Å². The lowest BCUT2D eigenvalue weighted by Gasteiger charge is -2.12. The molecule has 9 heteroatoms. The first-order valence-electron chi connectivity index (χ1n) is 8.72. The Labute approximate surface area is 180 Å². The first kappa shape index (κ1) is 23.9. The zero-order valence-corrected chi connectivity index (χ0v) is 17.9. The third-order valence-corrected chi connectivity index (χ3v) is 3.56. The molecular formula is C19H25F2IN4O2. The Balaban J connectivity index is 0.00000392. The molecule has 0 aliphatic heterocycles. The van der Waals surface area contributed by atoms with Gasteiger partial charge in [0.25, 0.3) is 0 Å². The molecule has 0 bridgehead atoms. The van der Waals surface area contributed by atoms with E-state index < -0.39 is 6.61 Å². The molecule has 6 nitrogen and oxygen atoms in total. The second-order valence-corrected chi connectivity index (χ2v) is 5.70. The summed E-state index contributed by atoms with van der Waals surface area (Å²) in [7, 11) is 0. The van der Waals surface area contributed by atoms with Crippen LogP contribution in [0.25, 0.3) is 0 Å². The Morgan fingerprint density at radius 1 is 1.29 bits per heavy atom. The molecule has 0 saturated carbocycles. The maximum atomic E-state index is 12.7. The highest BCUT2D eigenvalue weighted by molar-refractivity contribution is 14.0. The Hall–Kier alpha value is -2.17. The van der Waals surface area contributed by atoms with Crippen LogP contribution in [0.3, 0.4) is 0 Å². The molecule has 2 rings (SSSR count). The fourth-order valence-electron chi connectivity index (χ4n) is 2.27. The number of pyridine rings is 1. The van der Waals surface area contributed by atoms with E-state index in [1.54, 1.807) is 18.3 Å². The molecule has 1 aromatic carbocycles. The van der Waals surface area contributed by atoms with E-state index in [0.29, 0.717) is 30.9 Å². The number of ether oxygens (including phenoxy) is 2. The van der Waals surface area contributed by atoms with Gasteiger partial charge in [-0.25, -0.2) is 4.99 Å². The van der Waals surface area contributed by atoms with Gasteiger partial charge in [-0.1, -0.05) is 13.0 Å². The summed E-state index contributed by atoms with van der Waals surface area (Å²) in [5.74, 6) is 0.727. The number of nitrogens with one attached hydrogen (secondary N) is 1. The van der Waals surface area contributed by atoms with Crippen molar-refractivity contribution in [3.8, 4) is 11.5 Å². The van der Waals surface area contributed by atoms with Gasteiger partial charge in [-0.05, 0) is 30.7 Å². The molecule has 0 aliphatic carbocycles. The van der Waals surface area contributed by atoms with Gasteiger partial charge in [0.1, 0.15) is 11.5 Å². The van der Waals surface area contributed by atoms with Gasteiger partial charge in [0.15, 0.2) is 5.96 Å². The maximum absolute atomic E-state index is 12.7. The monoisotopic (exact) mass is 506 g/mol. The van der Waals surface area contributed by atoms with Crippen LogP contribution >= 0.6 is 24.0 Å². The van der Waals surface area contributed by atoms with E-state index in [-0.39, 0.29) is 42.2 Å². The van der Waals surface area contributed by atoms with Crippen LogP contribution in [-0.4, -0.2) is 30.7 Å². The normalized spacial score (nSPS) is 11.1. The van der Waals surface area contributed by atoms with E-state index in [0.717, 1.165) is 12.1 Å². The Morgan fingerprint density at radius 3 is 2.79 bits per heavy atom. The summed E-state index contributed by atoms with van der Waals surface area (Å²) in [4.78, 5) is 8.40. The van der Waals surface area contributed by atoms with Gasteiger partial charge in [-0.3, -0.25) is 4.98 Å². The molecule has 0 saturated heterocycles. The van der Waals surface area contributed by atoms with E-state index in [4.69, 9.17) is 10.5 Å². The number of hydrogen-bond acceptors (Lipinski definition) is 4. The molecule has 0 spiro atoms. The van der Waals surface area contributed by atoms with Gasteiger partial charge in [-0.2, -0.15) is 8.78 Å². The number of alkyl halides is 2. The fraction of sp³-hybridized carbons (Fsp3) is 0.368. The summed E-state index contributed by atoms with van der Waals surface area (Å²) < 4.78 is 35.4. The van der Waals surface area contributed by atoms with E-state index in [2.05, 4.69) is 20.0 Å². The number of halogens is 3. The number of aromatic nitrogens is 1. The maximum Gasteiger partial charge on any atom is 0.387 e. The number of rotatable bonds is 10. The summed E-state index contributed by atoms with van der Waals surface area (Å²) in [5.41, 5.74) is 7.27. The molecule has 3 N–H and O–H groups in total. The molecule has 0 atom stereocenters. The van der Waals surface area contributed by atoms with Crippen molar-refractivity contribution in [2.24, 2.45) is 10.7 Å². The van der Waals surface area contributed by atoms with Crippen LogP contribution < -0.4 is 20.5 Å². The van der Waals surface area contributed by atoms with Crippen LogP contribution in [0.15, 0.2) is 47.6 Å². The second kappa shape index (κ2) is 13.1. The molecular weight excluding hydrogens is 481 g/mol. The van der Waals surface area contributed by atoms with Crippen LogP contribution in [0.1, 0.15) is 24.6 Å². The first-order valence-corrected chi connectivity index (χ1v) is 8.72. The molecule has 28 heavy (non-hydrogen) atoms. The summed E-state index contributed by atoms with van der Waals surface area (Å²) >= 11 is 0. The smallest absolute Gasteiger partial charge is 0.387 e. The van der Waals surface area contributed by atoms with Gasteiger partial charge in [0.2, 0.25) is 0 Å². The Bertz CT molecular complexity index is 733. The Morgan fingerprint density at radius 2 is 2.11 bits per heavy atom. The van der Waals surface area contributed by atoms with Crippen molar-refractivity contribution in [2.75, 3.05) is 13.2 Å². The van der Waals surface area contributed by atoms with Crippen molar-refractivity contribution in [1.29, 1.82) is 0 Å². The number of nitrogens with zero attached hydrogens (tertiary/aromatic N) is 2. The lowest BCUT2D eigenvalue weighted by atomic mass is 10.2. The predicted octanol–water partition coefficient (Wildman–Crippen LogP) is 3.74. The standard InChI is InChI=1S/C19H24F2N4O2.HI/c1-2-11-26-16-7-6-14(17(12-16)27-18(20)21)13-25-19(22)24-10-8-15-5-3-4-9-23-15;/h3-7,9,12,18H,2,8,10-11,13H2,1H3,(H3,22,24,25);1H. The van der Waals surface area contributed by atoms with Crippen molar-refractivity contribution in [3.63, 3.8) is 0 Å². The quantitative estimate of drug-likeness (QED) is 0.292. The number of benzene rings is 1. The van der Waals surface area contributed by atoms with Gasteiger partial charge >= 0.3 is 6.61 Å². The molecule has 0 unspecified atom stereocenters. The highest BCUT2D eigenvalue weighted by atomic mass is 127. The third-order valence-electron chi connectivity index (χ3n) is 3.56. The van der Waals surface area contributed by atoms with Gasteiger partial charge in [0, 0.05) is 36.5 Å². The fourth-order valence-corrected chi connectivity index (χ4v) is 2.27. The van der Waals surface area contributed by atoms with Crippen LogP contribution in [0.5, 0.6) is 11.5 Å². The molecule has 1 aromatic heterocycles. The van der Waals surface area contributed by atoms with Crippen LogP contribution in [0, 0.1) is 0 Å². The van der Waals surface area contributed by atoms with Gasteiger partial charge < -0.3 is 20.5 Å². The number of aliphatic imine (C=N–C) groups is 1. The lowest BCUT2D eigenvalue weighted by molar-refractivity contribution is -0.0505. The molecule has 0 fully saturated rings. The van der Waals surface area contributed by atoms with Crippen molar-refractivity contribution in [3.05, 3.63) is 53.9 Å². The lowest BCUT2D eigenvalue weighted by Crippen LogP contribution is -2.33. The minimum Gasteiger partial charge on any atom is -0.493 e. The minimum atomic E-state index is -2.93. The van der Waals surface area contributed by atoms with Gasteiger partial charge in [-0.15, -0.1) is 24.0 Å². The molecule has 0 radical (unpaired) electrons. The van der Waals surface area contributed by atoms with E-state index >= 15 is 0 Å².